The number of nitrogens with one attached hydrogen (secondary N) is 1. The lowest BCUT2D eigenvalue weighted by molar-refractivity contribution is 0.0389. The van der Waals surface area contributed by atoms with Gasteiger partial charge < -0.3 is 24.4 Å². The number of carbonyl (C=O) groups is 1. The molecule has 0 aliphatic carbocycles. The predicted octanol–water partition coefficient (Wildman–Crippen LogP) is 4.93. The predicted molar refractivity (Wildman–Crippen MR) is 125 cm³/mol. The van der Waals surface area contributed by atoms with Crippen LogP contribution in [0.2, 0.25) is 0 Å². The van der Waals surface area contributed by atoms with Gasteiger partial charge in [0, 0.05) is 37.2 Å². The van der Waals surface area contributed by atoms with Gasteiger partial charge in [-0.1, -0.05) is 18.2 Å². The van der Waals surface area contributed by atoms with Gasteiger partial charge in [-0.3, -0.25) is 0 Å². The first-order chi connectivity index (χ1) is 16.1. The molecule has 0 spiro atoms. The molecule has 0 saturated heterocycles. The molecule has 7 heteroatoms. The zero-order chi connectivity index (χ0) is 22.8. The van der Waals surface area contributed by atoms with E-state index in [2.05, 4.69) is 12.2 Å². The molecule has 0 radical (unpaired) electrons. The number of ether oxygens (including phenoxy) is 3. The van der Waals surface area contributed by atoms with Crippen molar-refractivity contribution in [1.29, 1.82) is 0 Å². The third kappa shape index (κ3) is 4.50. The number of carbonyl (C=O) groups excluding carboxylic acids is 1. The number of aromatic nitrogens is 1. The zero-order valence-corrected chi connectivity index (χ0v) is 18.8. The Labute approximate surface area is 193 Å². The number of urea groups is 1. The number of methoxy groups -OCH3 is 1. The standard InChI is InChI=1S/C26H27N3O4/c1-17-14-21-23(16-32-17)22-15-29(26(30)27-18-8-10-19(31-2)11-9-18)13-12-24(22)28-25(21)33-20-6-4-3-5-7-20/h3-11,17H,12-16H2,1-2H3,(H,27,30)/t17-/m0/s1. The van der Waals surface area contributed by atoms with E-state index in [-0.39, 0.29) is 12.1 Å². The fourth-order valence-electron chi connectivity index (χ4n) is 4.34. The highest BCUT2D eigenvalue weighted by Gasteiger charge is 2.31. The second-order valence-electron chi connectivity index (χ2n) is 8.37. The normalized spacial score (nSPS) is 17.0. The lowest BCUT2D eigenvalue weighted by Gasteiger charge is -2.33. The van der Waals surface area contributed by atoms with Gasteiger partial charge in [0.1, 0.15) is 11.5 Å². The highest BCUT2D eigenvalue weighted by atomic mass is 16.5. The lowest BCUT2D eigenvalue weighted by atomic mass is 9.92. The smallest absolute Gasteiger partial charge is 0.322 e. The SMILES string of the molecule is COc1ccc(NC(=O)N2CCc3nc(Oc4ccccc4)c4c(c3C2)CO[C@@H](C)C4)cc1. The molecule has 7 nitrogen and oxygen atoms in total. The van der Waals surface area contributed by atoms with Gasteiger partial charge in [0.2, 0.25) is 5.88 Å². The van der Waals surface area contributed by atoms with Crippen LogP contribution in [0.4, 0.5) is 10.5 Å². The van der Waals surface area contributed by atoms with E-state index in [1.807, 2.05) is 59.5 Å². The summed E-state index contributed by atoms with van der Waals surface area (Å²) in [4.78, 5) is 19.7. The van der Waals surface area contributed by atoms with Crippen LogP contribution in [0.3, 0.4) is 0 Å². The van der Waals surface area contributed by atoms with E-state index in [1.165, 1.54) is 0 Å². The number of anilines is 1. The van der Waals surface area contributed by atoms with Crippen molar-refractivity contribution in [2.45, 2.75) is 39.0 Å². The Balaban J connectivity index is 1.40. The summed E-state index contributed by atoms with van der Waals surface area (Å²) in [5.74, 6) is 2.17. The molecule has 0 saturated carbocycles. The van der Waals surface area contributed by atoms with Crippen LogP contribution in [0.15, 0.2) is 54.6 Å². The lowest BCUT2D eigenvalue weighted by Crippen LogP contribution is -2.40. The van der Waals surface area contributed by atoms with Crippen molar-refractivity contribution in [3.63, 3.8) is 0 Å². The minimum absolute atomic E-state index is 0.0912. The number of benzene rings is 2. The van der Waals surface area contributed by atoms with Gasteiger partial charge in [0.05, 0.1) is 25.5 Å². The maximum Gasteiger partial charge on any atom is 0.322 e. The van der Waals surface area contributed by atoms with Crippen LogP contribution in [-0.4, -0.2) is 35.7 Å². The Bertz CT molecular complexity index is 1150. The Morgan fingerprint density at radius 1 is 1.06 bits per heavy atom. The monoisotopic (exact) mass is 445 g/mol. The van der Waals surface area contributed by atoms with Crippen molar-refractivity contribution in [2.75, 3.05) is 19.0 Å². The summed E-state index contributed by atoms with van der Waals surface area (Å²) in [5.41, 5.74) is 4.97. The summed E-state index contributed by atoms with van der Waals surface area (Å²) in [6, 6.07) is 16.9. The van der Waals surface area contributed by atoms with Crippen molar-refractivity contribution >= 4 is 11.7 Å². The van der Waals surface area contributed by atoms with Crippen molar-refractivity contribution in [1.82, 2.24) is 9.88 Å². The molecule has 3 heterocycles. The molecule has 1 aromatic heterocycles. The maximum absolute atomic E-state index is 13.0. The van der Waals surface area contributed by atoms with Crippen LogP contribution >= 0.6 is 0 Å². The summed E-state index contributed by atoms with van der Waals surface area (Å²) >= 11 is 0. The van der Waals surface area contributed by atoms with Gasteiger partial charge in [0.15, 0.2) is 0 Å². The third-order valence-electron chi connectivity index (χ3n) is 6.13. The molecule has 0 unspecified atom stereocenters. The van der Waals surface area contributed by atoms with Crippen LogP contribution in [0.5, 0.6) is 17.4 Å². The molecule has 2 aliphatic rings. The second kappa shape index (κ2) is 9.11. The van der Waals surface area contributed by atoms with E-state index in [1.54, 1.807) is 7.11 Å². The van der Waals surface area contributed by atoms with Crippen molar-refractivity contribution in [3.05, 3.63) is 77.0 Å². The van der Waals surface area contributed by atoms with Crippen LogP contribution < -0.4 is 14.8 Å². The maximum atomic E-state index is 13.0. The number of hydrogen-bond donors (Lipinski definition) is 1. The largest absolute Gasteiger partial charge is 0.497 e. The van der Waals surface area contributed by atoms with E-state index in [4.69, 9.17) is 19.2 Å². The van der Waals surface area contributed by atoms with Gasteiger partial charge in [0.25, 0.3) is 0 Å². The second-order valence-corrected chi connectivity index (χ2v) is 8.37. The minimum atomic E-state index is -0.130. The Kier molecular flexibility index (Phi) is 5.88. The molecule has 0 fully saturated rings. The molecule has 170 valence electrons. The van der Waals surface area contributed by atoms with Crippen molar-refractivity contribution in [3.8, 4) is 17.4 Å². The Morgan fingerprint density at radius 3 is 2.61 bits per heavy atom. The molecule has 2 amide bonds. The van der Waals surface area contributed by atoms with Gasteiger partial charge in [-0.15, -0.1) is 0 Å². The fourth-order valence-corrected chi connectivity index (χ4v) is 4.34. The van der Waals surface area contributed by atoms with Gasteiger partial charge in [-0.2, -0.15) is 0 Å². The molecule has 33 heavy (non-hydrogen) atoms. The van der Waals surface area contributed by atoms with E-state index < -0.39 is 0 Å². The van der Waals surface area contributed by atoms with E-state index >= 15 is 0 Å². The highest BCUT2D eigenvalue weighted by Crippen LogP contribution is 2.36. The minimum Gasteiger partial charge on any atom is -0.497 e. The fraction of sp³-hybridized carbons (Fsp3) is 0.308. The molecule has 2 aliphatic heterocycles. The quantitative estimate of drug-likeness (QED) is 0.616. The molecule has 2 aromatic carbocycles. The average Bonchev–Trinajstić information content (AvgIpc) is 2.85. The Hall–Kier alpha value is -3.58. The number of rotatable bonds is 4. The molecule has 0 bridgehead atoms. The zero-order valence-electron chi connectivity index (χ0n) is 18.8. The summed E-state index contributed by atoms with van der Waals surface area (Å²) in [7, 11) is 1.62. The highest BCUT2D eigenvalue weighted by molar-refractivity contribution is 5.89. The number of nitrogens with zero attached hydrogens (tertiary/aromatic N) is 2. The van der Waals surface area contributed by atoms with Gasteiger partial charge in [-0.25, -0.2) is 9.78 Å². The number of fused-ring (bicyclic) bond motifs is 3. The average molecular weight is 446 g/mol. The van der Waals surface area contributed by atoms with Gasteiger partial charge >= 0.3 is 6.03 Å². The molecule has 1 N–H and O–H groups in total. The first kappa shape index (κ1) is 21.3. The summed E-state index contributed by atoms with van der Waals surface area (Å²) in [6.07, 6.45) is 1.49. The first-order valence-corrected chi connectivity index (χ1v) is 11.2. The number of hydrogen-bond acceptors (Lipinski definition) is 5. The van der Waals surface area contributed by atoms with Crippen molar-refractivity contribution < 1.29 is 19.0 Å². The summed E-state index contributed by atoms with van der Waals surface area (Å²) < 4.78 is 17.4. The van der Waals surface area contributed by atoms with Crippen LogP contribution in [0.25, 0.3) is 0 Å². The third-order valence-corrected chi connectivity index (χ3v) is 6.13. The molecule has 1 atom stereocenters. The number of amides is 2. The molecular formula is C26H27N3O4. The summed E-state index contributed by atoms with van der Waals surface area (Å²) in [5, 5.41) is 2.98. The van der Waals surface area contributed by atoms with E-state index in [0.717, 1.165) is 46.0 Å². The summed E-state index contributed by atoms with van der Waals surface area (Å²) in [6.45, 7) is 3.64. The first-order valence-electron chi connectivity index (χ1n) is 11.2. The number of pyridine rings is 1. The van der Waals surface area contributed by atoms with Crippen LogP contribution in [0, 0.1) is 0 Å². The molecule has 3 aromatic rings. The van der Waals surface area contributed by atoms with E-state index in [0.29, 0.717) is 32.0 Å². The molecule has 5 rings (SSSR count). The topological polar surface area (TPSA) is 72.9 Å². The Morgan fingerprint density at radius 2 is 1.85 bits per heavy atom. The van der Waals surface area contributed by atoms with Crippen molar-refractivity contribution in [2.24, 2.45) is 0 Å². The van der Waals surface area contributed by atoms with Crippen LogP contribution in [-0.2, 0) is 30.7 Å². The van der Waals surface area contributed by atoms with Gasteiger partial charge in [-0.05, 0) is 54.4 Å². The molecular weight excluding hydrogens is 418 g/mol. The van der Waals surface area contributed by atoms with Crippen LogP contribution in [0.1, 0.15) is 29.3 Å². The van der Waals surface area contributed by atoms with E-state index in [9.17, 15) is 4.79 Å². The number of para-hydroxylation sites is 1.